The number of carbonyl (C=O) groups excluding carboxylic acids is 1. The third kappa shape index (κ3) is 5.36. The molecule has 0 saturated heterocycles. The maximum absolute atomic E-state index is 12.5. The third-order valence-electron chi connectivity index (χ3n) is 4.51. The predicted octanol–water partition coefficient (Wildman–Crippen LogP) is 3.34. The second kappa shape index (κ2) is 8.93. The average Bonchev–Trinajstić information content (AvgIpc) is 2.69. The van der Waals surface area contributed by atoms with E-state index in [4.69, 9.17) is 9.47 Å². The summed E-state index contributed by atoms with van der Waals surface area (Å²) in [4.78, 5) is 14.4. The van der Waals surface area contributed by atoms with E-state index in [1.807, 2.05) is 6.92 Å². The maximum Gasteiger partial charge on any atom is 0.246 e. The quantitative estimate of drug-likeness (QED) is 0.663. The van der Waals surface area contributed by atoms with Crippen molar-refractivity contribution in [3.63, 3.8) is 0 Å². The van der Waals surface area contributed by atoms with Crippen molar-refractivity contribution in [2.75, 3.05) is 27.5 Å². The van der Waals surface area contributed by atoms with Crippen LogP contribution in [0, 0.1) is 0 Å². The van der Waals surface area contributed by atoms with Gasteiger partial charge < -0.3 is 14.4 Å². The zero-order valence-electron chi connectivity index (χ0n) is 16.7. The van der Waals surface area contributed by atoms with E-state index in [1.165, 1.54) is 12.3 Å². The molecule has 0 fully saturated rings. The smallest absolute Gasteiger partial charge is 0.246 e. The van der Waals surface area contributed by atoms with Gasteiger partial charge in [0.2, 0.25) is 5.91 Å². The number of likely N-dealkylation sites (N-methyl/N-ethyl adjacent to an activating group) is 1. The highest BCUT2D eigenvalue weighted by Gasteiger charge is 2.16. The molecule has 0 N–H and O–H groups in total. The van der Waals surface area contributed by atoms with Crippen LogP contribution in [0.2, 0.25) is 0 Å². The highest BCUT2D eigenvalue weighted by Crippen LogP contribution is 2.24. The first kappa shape index (κ1) is 21.5. The largest absolute Gasteiger partial charge is 0.497 e. The Morgan fingerprint density at radius 2 is 1.57 bits per heavy atom. The molecule has 0 radical (unpaired) electrons. The van der Waals surface area contributed by atoms with Crippen molar-refractivity contribution in [1.82, 2.24) is 4.90 Å². The SMILES string of the molecule is COc1cc(/C=C/C(=O)N(C)[C@@H](C)c2ccc(S(C)(=O)=O)cc2)cc(OC)c1. The molecule has 0 spiro atoms. The van der Waals surface area contributed by atoms with E-state index in [1.54, 1.807) is 74.7 Å². The number of methoxy groups -OCH3 is 2. The minimum atomic E-state index is -3.24. The summed E-state index contributed by atoms with van der Waals surface area (Å²) >= 11 is 0. The Morgan fingerprint density at radius 1 is 1.04 bits per heavy atom. The average molecular weight is 404 g/mol. The lowest BCUT2D eigenvalue weighted by molar-refractivity contribution is -0.126. The fourth-order valence-electron chi connectivity index (χ4n) is 2.62. The zero-order valence-corrected chi connectivity index (χ0v) is 17.5. The van der Waals surface area contributed by atoms with E-state index in [0.29, 0.717) is 11.5 Å². The molecule has 0 aliphatic rings. The van der Waals surface area contributed by atoms with Crippen molar-refractivity contribution in [3.8, 4) is 11.5 Å². The van der Waals surface area contributed by atoms with E-state index in [0.717, 1.165) is 11.1 Å². The van der Waals surface area contributed by atoms with Gasteiger partial charge in [-0.05, 0) is 48.4 Å². The molecular weight excluding hydrogens is 378 g/mol. The van der Waals surface area contributed by atoms with Crippen LogP contribution in [0.3, 0.4) is 0 Å². The summed E-state index contributed by atoms with van der Waals surface area (Å²) in [5.74, 6) is 1.10. The van der Waals surface area contributed by atoms with Crippen LogP contribution in [0.15, 0.2) is 53.4 Å². The molecule has 0 aromatic heterocycles. The van der Waals surface area contributed by atoms with Gasteiger partial charge in [-0.3, -0.25) is 4.79 Å². The predicted molar refractivity (Wildman–Crippen MR) is 109 cm³/mol. The van der Waals surface area contributed by atoms with Gasteiger partial charge in [-0.25, -0.2) is 8.42 Å². The number of ether oxygens (including phenoxy) is 2. The summed E-state index contributed by atoms with van der Waals surface area (Å²) in [6, 6.07) is 11.7. The molecule has 0 aliphatic heterocycles. The van der Waals surface area contributed by atoms with Crippen LogP contribution in [-0.2, 0) is 14.6 Å². The Labute approximate surface area is 166 Å². The lowest BCUT2D eigenvalue weighted by Gasteiger charge is -2.24. The maximum atomic E-state index is 12.5. The molecule has 2 rings (SSSR count). The van der Waals surface area contributed by atoms with Crippen LogP contribution in [0.4, 0.5) is 0 Å². The summed E-state index contributed by atoms with van der Waals surface area (Å²) in [5, 5.41) is 0. The van der Waals surface area contributed by atoms with Gasteiger partial charge in [-0.1, -0.05) is 12.1 Å². The van der Waals surface area contributed by atoms with Crippen LogP contribution >= 0.6 is 0 Å². The van der Waals surface area contributed by atoms with Gasteiger partial charge in [0.15, 0.2) is 9.84 Å². The third-order valence-corrected chi connectivity index (χ3v) is 5.64. The number of hydrogen-bond acceptors (Lipinski definition) is 5. The topological polar surface area (TPSA) is 72.9 Å². The molecule has 0 heterocycles. The summed E-state index contributed by atoms with van der Waals surface area (Å²) in [6.07, 6.45) is 4.35. The van der Waals surface area contributed by atoms with Crippen LogP contribution in [-0.4, -0.2) is 46.7 Å². The minimum Gasteiger partial charge on any atom is -0.497 e. The second-order valence-electron chi connectivity index (χ2n) is 6.45. The molecule has 7 heteroatoms. The standard InChI is InChI=1S/C21H25NO5S/c1-15(17-7-9-20(10-8-17)28(5,24)25)22(2)21(23)11-6-16-12-18(26-3)14-19(13-16)27-4/h6-15H,1-5H3/b11-6+/t15-/m0/s1. The fraction of sp³-hybridized carbons (Fsp3) is 0.286. The molecule has 28 heavy (non-hydrogen) atoms. The number of rotatable bonds is 7. The molecule has 1 atom stereocenters. The molecule has 1 amide bonds. The second-order valence-corrected chi connectivity index (χ2v) is 8.46. The molecule has 0 aliphatic carbocycles. The highest BCUT2D eigenvalue weighted by atomic mass is 32.2. The molecule has 0 unspecified atom stereocenters. The lowest BCUT2D eigenvalue weighted by atomic mass is 10.1. The number of amides is 1. The lowest BCUT2D eigenvalue weighted by Crippen LogP contribution is -2.28. The van der Waals surface area contributed by atoms with E-state index in [2.05, 4.69) is 0 Å². The number of nitrogens with zero attached hydrogens (tertiary/aromatic N) is 1. The summed E-state index contributed by atoms with van der Waals surface area (Å²) in [6.45, 7) is 1.88. The molecule has 0 bridgehead atoms. The van der Waals surface area contributed by atoms with Gasteiger partial charge in [-0.2, -0.15) is 0 Å². The molecular formula is C21H25NO5S. The Morgan fingerprint density at radius 3 is 2.04 bits per heavy atom. The Kier molecular flexibility index (Phi) is 6.85. The summed E-state index contributed by atoms with van der Waals surface area (Å²) < 4.78 is 33.6. The number of carbonyl (C=O) groups is 1. The first-order valence-electron chi connectivity index (χ1n) is 8.63. The van der Waals surface area contributed by atoms with Crippen molar-refractivity contribution < 1.29 is 22.7 Å². The first-order chi connectivity index (χ1) is 13.2. The molecule has 6 nitrogen and oxygen atoms in total. The number of sulfone groups is 1. The van der Waals surface area contributed by atoms with Gasteiger partial charge in [-0.15, -0.1) is 0 Å². The van der Waals surface area contributed by atoms with E-state index >= 15 is 0 Å². The molecule has 2 aromatic rings. The van der Waals surface area contributed by atoms with Crippen molar-refractivity contribution in [1.29, 1.82) is 0 Å². The van der Waals surface area contributed by atoms with Crippen LogP contribution in [0.25, 0.3) is 6.08 Å². The van der Waals surface area contributed by atoms with E-state index in [9.17, 15) is 13.2 Å². The number of benzene rings is 2. The summed E-state index contributed by atoms with van der Waals surface area (Å²) in [5.41, 5.74) is 1.63. The Balaban J connectivity index is 2.14. The van der Waals surface area contributed by atoms with Gasteiger partial charge in [0, 0.05) is 25.4 Å². The normalized spacial score (nSPS) is 12.6. The van der Waals surface area contributed by atoms with Crippen molar-refractivity contribution in [2.24, 2.45) is 0 Å². The van der Waals surface area contributed by atoms with Gasteiger partial charge in [0.1, 0.15) is 11.5 Å². The monoisotopic (exact) mass is 403 g/mol. The van der Waals surface area contributed by atoms with E-state index < -0.39 is 9.84 Å². The highest BCUT2D eigenvalue weighted by molar-refractivity contribution is 7.90. The molecule has 2 aromatic carbocycles. The molecule has 150 valence electrons. The van der Waals surface area contributed by atoms with E-state index in [-0.39, 0.29) is 16.8 Å². The van der Waals surface area contributed by atoms with Crippen LogP contribution in [0.1, 0.15) is 24.1 Å². The summed E-state index contributed by atoms with van der Waals surface area (Å²) in [7, 11) is 1.59. The van der Waals surface area contributed by atoms with Gasteiger partial charge in [0.05, 0.1) is 25.2 Å². The fourth-order valence-corrected chi connectivity index (χ4v) is 3.25. The van der Waals surface area contributed by atoms with Crippen LogP contribution in [0.5, 0.6) is 11.5 Å². The van der Waals surface area contributed by atoms with Gasteiger partial charge in [0.25, 0.3) is 0 Å². The van der Waals surface area contributed by atoms with Crippen molar-refractivity contribution in [3.05, 3.63) is 59.7 Å². The Hall–Kier alpha value is -2.80. The zero-order chi connectivity index (χ0) is 20.9. The first-order valence-corrected chi connectivity index (χ1v) is 10.5. The van der Waals surface area contributed by atoms with Crippen molar-refractivity contribution >= 4 is 21.8 Å². The van der Waals surface area contributed by atoms with Crippen molar-refractivity contribution in [2.45, 2.75) is 17.9 Å². The number of hydrogen-bond donors (Lipinski definition) is 0. The van der Waals surface area contributed by atoms with Crippen LogP contribution < -0.4 is 9.47 Å². The van der Waals surface area contributed by atoms with Gasteiger partial charge >= 0.3 is 0 Å². The minimum absolute atomic E-state index is 0.179. The molecule has 0 saturated carbocycles. The Bertz CT molecular complexity index is 943.